The van der Waals surface area contributed by atoms with Gasteiger partial charge in [-0.15, -0.1) is 0 Å². The van der Waals surface area contributed by atoms with Gasteiger partial charge >= 0.3 is 11.9 Å². The molecule has 0 aromatic heterocycles. The van der Waals surface area contributed by atoms with Crippen LogP contribution in [0.2, 0.25) is 0 Å². The number of carboxylic acid groups (broad SMARTS) is 2. The van der Waals surface area contributed by atoms with Crippen molar-refractivity contribution in [3.8, 4) is 22.3 Å². The van der Waals surface area contributed by atoms with E-state index in [2.05, 4.69) is 19.9 Å². The van der Waals surface area contributed by atoms with Gasteiger partial charge < -0.3 is 10.2 Å². The zero-order valence-corrected chi connectivity index (χ0v) is 19.2. The van der Waals surface area contributed by atoms with Crippen LogP contribution in [0.4, 0.5) is 0 Å². The molecule has 1 aliphatic carbocycles. The molecule has 1 fully saturated rings. The molecule has 0 heterocycles. The fourth-order valence-corrected chi connectivity index (χ4v) is 5.47. The highest BCUT2D eigenvalue weighted by molar-refractivity contribution is 6.04. The molecular formula is C29H30O4. The van der Waals surface area contributed by atoms with E-state index in [0.717, 1.165) is 60.8 Å². The van der Waals surface area contributed by atoms with E-state index in [4.69, 9.17) is 0 Å². The van der Waals surface area contributed by atoms with Crippen molar-refractivity contribution >= 4 is 11.9 Å². The number of benzene rings is 3. The van der Waals surface area contributed by atoms with Crippen molar-refractivity contribution in [3.05, 3.63) is 82.4 Å². The van der Waals surface area contributed by atoms with Gasteiger partial charge in [0.05, 0.1) is 11.1 Å². The van der Waals surface area contributed by atoms with Crippen molar-refractivity contribution in [1.82, 2.24) is 0 Å². The van der Waals surface area contributed by atoms with E-state index in [1.165, 1.54) is 5.56 Å². The molecule has 0 radical (unpaired) electrons. The normalized spacial score (nSPS) is 13.9. The van der Waals surface area contributed by atoms with E-state index in [-0.39, 0.29) is 11.1 Å². The maximum Gasteiger partial charge on any atom is 0.336 e. The van der Waals surface area contributed by atoms with E-state index < -0.39 is 11.9 Å². The molecule has 0 spiro atoms. The molecular weight excluding hydrogens is 412 g/mol. The Morgan fingerprint density at radius 2 is 1.36 bits per heavy atom. The van der Waals surface area contributed by atoms with Crippen LogP contribution in [0.25, 0.3) is 22.3 Å². The van der Waals surface area contributed by atoms with Crippen molar-refractivity contribution in [2.24, 2.45) is 0 Å². The second-order valence-corrected chi connectivity index (χ2v) is 8.95. The summed E-state index contributed by atoms with van der Waals surface area (Å²) in [4.78, 5) is 24.5. The zero-order chi connectivity index (χ0) is 23.5. The van der Waals surface area contributed by atoms with Crippen LogP contribution in [0.5, 0.6) is 0 Å². The minimum Gasteiger partial charge on any atom is -0.478 e. The molecule has 0 unspecified atom stereocenters. The van der Waals surface area contributed by atoms with Crippen LogP contribution in [0, 0.1) is 6.92 Å². The molecule has 4 rings (SSSR count). The first-order chi connectivity index (χ1) is 15.9. The van der Waals surface area contributed by atoms with Gasteiger partial charge in [-0.3, -0.25) is 0 Å². The Morgan fingerprint density at radius 1 is 0.848 bits per heavy atom. The quantitative estimate of drug-likeness (QED) is 0.401. The van der Waals surface area contributed by atoms with Gasteiger partial charge in [-0.25, -0.2) is 9.59 Å². The molecule has 3 aromatic rings. The average Bonchev–Trinajstić information content (AvgIpc) is 3.33. The van der Waals surface area contributed by atoms with Gasteiger partial charge in [-0.2, -0.15) is 0 Å². The lowest BCUT2D eigenvalue weighted by Crippen LogP contribution is -2.09. The molecule has 0 amide bonds. The highest BCUT2D eigenvalue weighted by Gasteiger charge is 2.29. The van der Waals surface area contributed by atoms with Gasteiger partial charge in [0.25, 0.3) is 0 Å². The van der Waals surface area contributed by atoms with E-state index in [1.54, 1.807) is 24.3 Å². The van der Waals surface area contributed by atoms with Gasteiger partial charge in [-0.05, 0) is 83.2 Å². The van der Waals surface area contributed by atoms with Gasteiger partial charge in [0.1, 0.15) is 0 Å². The largest absolute Gasteiger partial charge is 0.478 e. The Labute approximate surface area is 194 Å². The topological polar surface area (TPSA) is 74.6 Å². The molecule has 0 atom stereocenters. The lowest BCUT2D eigenvalue weighted by Gasteiger charge is -2.26. The highest BCUT2D eigenvalue weighted by atomic mass is 16.4. The Hall–Kier alpha value is -3.40. The number of hydrogen-bond acceptors (Lipinski definition) is 2. The fraction of sp³-hybridized carbons (Fsp3) is 0.310. The zero-order valence-electron chi connectivity index (χ0n) is 19.2. The minimum absolute atomic E-state index is 0.241. The molecule has 1 saturated carbocycles. The summed E-state index contributed by atoms with van der Waals surface area (Å²) in [6.45, 7) is 4.23. The van der Waals surface area contributed by atoms with Crippen LogP contribution in [0.15, 0.2) is 54.6 Å². The molecule has 4 nitrogen and oxygen atoms in total. The number of aromatic carboxylic acids is 2. The summed E-state index contributed by atoms with van der Waals surface area (Å²) in [5.41, 5.74) is 7.00. The molecule has 4 heteroatoms. The summed E-state index contributed by atoms with van der Waals surface area (Å²) in [5.74, 6) is -1.61. The predicted octanol–water partition coefficient (Wildman–Crippen LogP) is 7.34. The minimum atomic E-state index is -0.978. The number of carboxylic acids is 2. The lowest BCUT2D eigenvalue weighted by molar-refractivity contribution is 0.0686. The number of aryl methyl sites for hydroxylation is 2. The van der Waals surface area contributed by atoms with Gasteiger partial charge in [0.15, 0.2) is 0 Å². The van der Waals surface area contributed by atoms with Gasteiger partial charge in [0, 0.05) is 0 Å². The van der Waals surface area contributed by atoms with Crippen molar-refractivity contribution in [2.45, 2.75) is 58.3 Å². The van der Waals surface area contributed by atoms with Crippen LogP contribution in [-0.4, -0.2) is 22.2 Å². The Balaban J connectivity index is 2.19. The lowest BCUT2D eigenvalue weighted by atomic mass is 9.77. The monoisotopic (exact) mass is 442 g/mol. The SMILES string of the molecule is CCCc1cc(C)c(C2CCCC2)c(-c2ccccc2C(=O)O)c1-c1ccccc1C(=O)O. The first kappa shape index (κ1) is 22.8. The maximum atomic E-state index is 12.3. The first-order valence-corrected chi connectivity index (χ1v) is 11.8. The summed E-state index contributed by atoms with van der Waals surface area (Å²) in [6, 6.07) is 16.4. The Morgan fingerprint density at radius 3 is 1.88 bits per heavy atom. The molecule has 0 saturated heterocycles. The third-order valence-corrected chi connectivity index (χ3v) is 6.79. The summed E-state index contributed by atoms with van der Waals surface area (Å²) in [5, 5.41) is 20.0. The number of hydrogen-bond donors (Lipinski definition) is 2. The van der Waals surface area contributed by atoms with Crippen molar-refractivity contribution in [1.29, 1.82) is 0 Å². The van der Waals surface area contributed by atoms with Crippen LogP contribution in [0.3, 0.4) is 0 Å². The third-order valence-electron chi connectivity index (χ3n) is 6.79. The van der Waals surface area contributed by atoms with Crippen molar-refractivity contribution in [2.75, 3.05) is 0 Å². The molecule has 0 bridgehead atoms. The van der Waals surface area contributed by atoms with Crippen LogP contribution >= 0.6 is 0 Å². The van der Waals surface area contributed by atoms with Crippen LogP contribution in [0.1, 0.15) is 82.4 Å². The molecule has 0 aliphatic heterocycles. The van der Waals surface area contributed by atoms with Crippen LogP contribution < -0.4 is 0 Å². The smallest absolute Gasteiger partial charge is 0.336 e. The van der Waals surface area contributed by atoms with Gasteiger partial charge in [-0.1, -0.05) is 68.7 Å². The molecule has 33 heavy (non-hydrogen) atoms. The molecule has 170 valence electrons. The molecule has 3 aromatic carbocycles. The van der Waals surface area contributed by atoms with E-state index in [9.17, 15) is 19.8 Å². The maximum absolute atomic E-state index is 12.3. The van der Waals surface area contributed by atoms with E-state index in [0.29, 0.717) is 17.0 Å². The summed E-state index contributed by atoms with van der Waals surface area (Å²) in [6.07, 6.45) is 6.14. The predicted molar refractivity (Wildman–Crippen MR) is 131 cm³/mol. The fourth-order valence-electron chi connectivity index (χ4n) is 5.47. The second kappa shape index (κ2) is 9.62. The first-order valence-electron chi connectivity index (χ1n) is 11.8. The van der Waals surface area contributed by atoms with E-state index >= 15 is 0 Å². The Kier molecular flexibility index (Phi) is 6.64. The average molecular weight is 443 g/mol. The standard InChI is InChI=1S/C29H30O4/c1-3-10-20-17-18(2)25(19-11-4-5-12-19)27(22-14-7-9-16-24(22)29(32)33)26(20)21-13-6-8-15-23(21)28(30)31/h6-9,13-17,19H,3-5,10-12H2,1-2H3,(H,30,31)(H,32,33). The summed E-state index contributed by atoms with van der Waals surface area (Å²) >= 11 is 0. The number of carbonyl (C=O) groups is 2. The third kappa shape index (κ3) is 4.30. The second-order valence-electron chi connectivity index (χ2n) is 8.95. The van der Waals surface area contributed by atoms with E-state index in [1.807, 2.05) is 24.3 Å². The summed E-state index contributed by atoms with van der Waals surface area (Å²) in [7, 11) is 0. The highest BCUT2D eigenvalue weighted by Crippen LogP contribution is 2.48. The molecule has 1 aliphatic rings. The molecule has 2 N–H and O–H groups in total. The van der Waals surface area contributed by atoms with Crippen LogP contribution in [-0.2, 0) is 6.42 Å². The van der Waals surface area contributed by atoms with Crippen molar-refractivity contribution < 1.29 is 19.8 Å². The van der Waals surface area contributed by atoms with Gasteiger partial charge in [0.2, 0.25) is 0 Å². The number of rotatable bonds is 7. The van der Waals surface area contributed by atoms with Crippen molar-refractivity contribution in [3.63, 3.8) is 0 Å². The Bertz CT molecular complexity index is 1200. The summed E-state index contributed by atoms with van der Waals surface area (Å²) < 4.78 is 0.